The van der Waals surface area contributed by atoms with Gasteiger partial charge in [0, 0.05) is 19.1 Å². The van der Waals surface area contributed by atoms with Crippen LogP contribution in [0.3, 0.4) is 0 Å². The van der Waals surface area contributed by atoms with Crippen molar-refractivity contribution in [3.05, 3.63) is 29.3 Å². The van der Waals surface area contributed by atoms with E-state index in [1.54, 1.807) is 4.90 Å². The van der Waals surface area contributed by atoms with Crippen LogP contribution >= 0.6 is 0 Å². The van der Waals surface area contributed by atoms with Crippen LogP contribution in [0.2, 0.25) is 0 Å². The molecule has 1 N–H and O–H groups in total. The fourth-order valence-corrected chi connectivity index (χ4v) is 2.56. The molecule has 1 unspecified atom stereocenters. The van der Waals surface area contributed by atoms with Crippen LogP contribution in [0.25, 0.3) is 0 Å². The smallest absolute Gasteiger partial charge is 0.149 e. The summed E-state index contributed by atoms with van der Waals surface area (Å²) in [6.45, 7) is 8.91. The highest BCUT2D eigenvalue weighted by molar-refractivity contribution is 5.52. The van der Waals surface area contributed by atoms with Gasteiger partial charge in [-0.3, -0.25) is 0 Å². The van der Waals surface area contributed by atoms with Crippen molar-refractivity contribution in [1.82, 2.24) is 5.32 Å². The second-order valence-electron chi connectivity index (χ2n) is 6.05. The Kier molecular flexibility index (Phi) is 5.53. The van der Waals surface area contributed by atoms with Gasteiger partial charge in [-0.05, 0) is 37.1 Å². The maximum absolute atomic E-state index is 14.3. The number of ether oxygens (including phenoxy) is 1. The SMILES string of the molecule is CC(C)CNCc1cc(F)c(N2CCOCC2C)c(F)c1. The number of nitrogens with one attached hydrogen (secondary N) is 1. The van der Waals surface area contributed by atoms with Crippen molar-refractivity contribution in [2.75, 3.05) is 31.2 Å². The molecule has 0 amide bonds. The summed E-state index contributed by atoms with van der Waals surface area (Å²) in [7, 11) is 0. The Morgan fingerprint density at radius 2 is 2.00 bits per heavy atom. The van der Waals surface area contributed by atoms with E-state index in [2.05, 4.69) is 19.2 Å². The number of morpholine rings is 1. The van der Waals surface area contributed by atoms with E-state index in [4.69, 9.17) is 4.74 Å². The van der Waals surface area contributed by atoms with Crippen LogP contribution in [0.4, 0.5) is 14.5 Å². The van der Waals surface area contributed by atoms with Crippen molar-refractivity contribution >= 4 is 5.69 Å². The van der Waals surface area contributed by atoms with Crippen LogP contribution < -0.4 is 10.2 Å². The molecule has 118 valence electrons. The number of anilines is 1. The van der Waals surface area contributed by atoms with Crippen LogP contribution in [0.5, 0.6) is 0 Å². The quantitative estimate of drug-likeness (QED) is 0.904. The average molecular weight is 298 g/mol. The molecule has 0 spiro atoms. The van der Waals surface area contributed by atoms with Gasteiger partial charge in [0.2, 0.25) is 0 Å². The van der Waals surface area contributed by atoms with Crippen LogP contribution in [-0.2, 0) is 11.3 Å². The molecule has 5 heteroatoms. The highest BCUT2D eigenvalue weighted by atomic mass is 19.1. The summed E-state index contributed by atoms with van der Waals surface area (Å²) in [6, 6.07) is 2.83. The molecule has 21 heavy (non-hydrogen) atoms. The lowest BCUT2D eigenvalue weighted by atomic mass is 10.1. The fraction of sp³-hybridized carbons (Fsp3) is 0.625. The normalized spacial score (nSPS) is 19.3. The largest absolute Gasteiger partial charge is 0.377 e. The molecule has 0 bridgehead atoms. The Hall–Kier alpha value is -1.20. The van der Waals surface area contributed by atoms with E-state index in [9.17, 15) is 8.78 Å². The van der Waals surface area contributed by atoms with Crippen molar-refractivity contribution in [1.29, 1.82) is 0 Å². The third kappa shape index (κ3) is 4.14. The van der Waals surface area contributed by atoms with E-state index in [0.717, 1.165) is 6.54 Å². The van der Waals surface area contributed by atoms with Gasteiger partial charge < -0.3 is 15.0 Å². The van der Waals surface area contributed by atoms with Crippen molar-refractivity contribution in [2.24, 2.45) is 5.92 Å². The Balaban J connectivity index is 2.13. The molecule has 1 heterocycles. The van der Waals surface area contributed by atoms with Gasteiger partial charge >= 0.3 is 0 Å². The summed E-state index contributed by atoms with van der Waals surface area (Å²) in [4.78, 5) is 1.75. The minimum absolute atomic E-state index is 0.0207. The number of halogens is 2. The van der Waals surface area contributed by atoms with Crippen LogP contribution in [0.15, 0.2) is 12.1 Å². The molecule has 0 radical (unpaired) electrons. The Bertz CT molecular complexity index is 456. The molecule has 2 rings (SSSR count). The van der Waals surface area contributed by atoms with Crippen molar-refractivity contribution in [3.8, 4) is 0 Å². The third-order valence-electron chi connectivity index (χ3n) is 3.61. The van der Waals surface area contributed by atoms with E-state index in [-0.39, 0.29) is 11.7 Å². The molecule has 1 saturated heterocycles. The second kappa shape index (κ2) is 7.18. The van der Waals surface area contributed by atoms with Gasteiger partial charge in [-0.2, -0.15) is 0 Å². The Labute approximate surface area is 125 Å². The summed E-state index contributed by atoms with van der Waals surface area (Å²) in [6.07, 6.45) is 0. The number of benzene rings is 1. The summed E-state index contributed by atoms with van der Waals surface area (Å²) >= 11 is 0. The van der Waals surface area contributed by atoms with E-state index in [0.29, 0.717) is 37.8 Å². The minimum Gasteiger partial charge on any atom is -0.377 e. The molecule has 1 fully saturated rings. The molecular formula is C16H24F2N2O. The first-order valence-corrected chi connectivity index (χ1v) is 7.52. The second-order valence-corrected chi connectivity index (χ2v) is 6.05. The first-order chi connectivity index (χ1) is 9.99. The predicted molar refractivity (Wildman–Crippen MR) is 80.5 cm³/mol. The predicted octanol–water partition coefficient (Wildman–Crippen LogP) is 2.94. The van der Waals surface area contributed by atoms with Gasteiger partial charge in [0.05, 0.1) is 13.2 Å². The van der Waals surface area contributed by atoms with E-state index >= 15 is 0 Å². The van der Waals surface area contributed by atoms with Gasteiger partial charge in [-0.25, -0.2) is 8.78 Å². The van der Waals surface area contributed by atoms with E-state index in [1.807, 2.05) is 6.92 Å². The van der Waals surface area contributed by atoms with Gasteiger partial charge in [0.15, 0.2) is 0 Å². The monoisotopic (exact) mass is 298 g/mol. The van der Waals surface area contributed by atoms with Crippen LogP contribution in [-0.4, -0.2) is 32.3 Å². The minimum atomic E-state index is -0.495. The van der Waals surface area contributed by atoms with E-state index < -0.39 is 11.6 Å². The topological polar surface area (TPSA) is 24.5 Å². The number of nitrogens with zero attached hydrogens (tertiary/aromatic N) is 1. The summed E-state index contributed by atoms with van der Waals surface area (Å²) in [5.41, 5.74) is 0.703. The Morgan fingerprint density at radius 3 is 2.57 bits per heavy atom. The van der Waals surface area contributed by atoms with Gasteiger partial charge in [0.25, 0.3) is 0 Å². The molecule has 1 atom stereocenters. The lowest BCUT2D eigenvalue weighted by Crippen LogP contribution is -2.44. The molecular weight excluding hydrogens is 274 g/mol. The first-order valence-electron chi connectivity index (χ1n) is 7.52. The van der Waals surface area contributed by atoms with Crippen molar-refractivity contribution < 1.29 is 13.5 Å². The molecule has 1 aliphatic rings. The molecule has 0 aromatic heterocycles. The zero-order chi connectivity index (χ0) is 15.4. The molecule has 1 aromatic carbocycles. The van der Waals surface area contributed by atoms with Crippen LogP contribution in [0.1, 0.15) is 26.3 Å². The molecule has 0 saturated carbocycles. The maximum atomic E-state index is 14.3. The lowest BCUT2D eigenvalue weighted by molar-refractivity contribution is 0.0982. The van der Waals surface area contributed by atoms with Crippen molar-refractivity contribution in [2.45, 2.75) is 33.4 Å². The number of hydrogen-bond acceptors (Lipinski definition) is 3. The lowest BCUT2D eigenvalue weighted by Gasteiger charge is -2.35. The number of rotatable bonds is 5. The standard InChI is InChI=1S/C16H24F2N2O/c1-11(2)8-19-9-13-6-14(17)16(15(18)7-13)20-4-5-21-10-12(20)3/h6-7,11-12,19H,4-5,8-10H2,1-3H3. The Morgan fingerprint density at radius 1 is 1.33 bits per heavy atom. The van der Waals surface area contributed by atoms with Crippen molar-refractivity contribution in [3.63, 3.8) is 0 Å². The summed E-state index contributed by atoms with van der Waals surface area (Å²) in [5, 5.41) is 3.20. The first kappa shape index (κ1) is 16.2. The zero-order valence-corrected chi connectivity index (χ0v) is 13.0. The highest BCUT2D eigenvalue weighted by Crippen LogP contribution is 2.28. The molecule has 3 nitrogen and oxygen atoms in total. The van der Waals surface area contributed by atoms with E-state index in [1.165, 1.54) is 12.1 Å². The highest BCUT2D eigenvalue weighted by Gasteiger charge is 2.25. The van der Waals surface area contributed by atoms with Gasteiger partial charge in [-0.1, -0.05) is 13.8 Å². The zero-order valence-electron chi connectivity index (χ0n) is 13.0. The average Bonchev–Trinajstić information content (AvgIpc) is 2.39. The maximum Gasteiger partial charge on any atom is 0.149 e. The fourth-order valence-electron chi connectivity index (χ4n) is 2.56. The third-order valence-corrected chi connectivity index (χ3v) is 3.61. The summed E-state index contributed by atoms with van der Waals surface area (Å²) < 4.78 is 33.9. The molecule has 1 aliphatic heterocycles. The molecule has 1 aromatic rings. The summed E-state index contributed by atoms with van der Waals surface area (Å²) in [5.74, 6) is -0.483. The van der Waals surface area contributed by atoms with Crippen LogP contribution in [0, 0.1) is 17.6 Å². The van der Waals surface area contributed by atoms with Gasteiger partial charge in [0.1, 0.15) is 17.3 Å². The molecule has 0 aliphatic carbocycles. The number of hydrogen-bond donors (Lipinski definition) is 1. The van der Waals surface area contributed by atoms with Gasteiger partial charge in [-0.15, -0.1) is 0 Å².